The fourth-order valence-corrected chi connectivity index (χ4v) is 2.84. The molecule has 4 nitrogen and oxygen atoms in total. The molecule has 2 aromatic heterocycles. The van der Waals surface area contributed by atoms with E-state index < -0.39 is 18.1 Å². The van der Waals surface area contributed by atoms with Crippen LogP contribution in [0.25, 0.3) is 10.7 Å². The molecule has 2 heterocycles. The molecule has 0 spiro atoms. The Balaban J connectivity index is 2.45. The van der Waals surface area contributed by atoms with Crippen molar-refractivity contribution in [2.45, 2.75) is 13.3 Å². The van der Waals surface area contributed by atoms with Gasteiger partial charge in [-0.15, -0.1) is 11.3 Å². The molecule has 0 N–H and O–H groups in total. The summed E-state index contributed by atoms with van der Waals surface area (Å²) >= 11 is 4.58. The van der Waals surface area contributed by atoms with Gasteiger partial charge in [-0.05, 0) is 28.9 Å². The standard InChI is InChI=1S/C12H9BrF2N2O2S/c1-2-19-12(18)7-4-16-11(17-9(7)10(14)15)8-3-6(13)5-20-8/h3-5,10H,2H2,1H3. The highest BCUT2D eigenvalue weighted by Gasteiger charge is 2.23. The number of carbonyl (C=O) groups excluding carboxylic acids is 1. The summed E-state index contributed by atoms with van der Waals surface area (Å²) < 4.78 is 31.6. The van der Waals surface area contributed by atoms with Gasteiger partial charge in [0.25, 0.3) is 6.43 Å². The zero-order valence-corrected chi connectivity index (χ0v) is 12.7. The molecule has 0 saturated carbocycles. The Bertz CT molecular complexity index is 634. The summed E-state index contributed by atoms with van der Waals surface area (Å²) in [6.45, 7) is 1.69. The number of alkyl halides is 2. The van der Waals surface area contributed by atoms with Crippen molar-refractivity contribution < 1.29 is 18.3 Å². The Hall–Kier alpha value is -1.41. The van der Waals surface area contributed by atoms with Crippen LogP contribution in [0.15, 0.2) is 22.1 Å². The van der Waals surface area contributed by atoms with Crippen molar-refractivity contribution in [3.63, 3.8) is 0 Å². The Morgan fingerprint density at radius 3 is 2.85 bits per heavy atom. The van der Waals surface area contributed by atoms with Crippen molar-refractivity contribution in [2.24, 2.45) is 0 Å². The Morgan fingerprint density at radius 1 is 1.55 bits per heavy atom. The topological polar surface area (TPSA) is 52.1 Å². The first-order valence-corrected chi connectivity index (χ1v) is 7.26. The minimum Gasteiger partial charge on any atom is -0.462 e. The second-order valence-electron chi connectivity index (χ2n) is 3.64. The van der Waals surface area contributed by atoms with E-state index in [1.807, 2.05) is 0 Å². The van der Waals surface area contributed by atoms with E-state index in [4.69, 9.17) is 4.74 Å². The summed E-state index contributed by atoms with van der Waals surface area (Å²) in [6, 6.07) is 1.72. The highest BCUT2D eigenvalue weighted by atomic mass is 79.9. The number of esters is 1. The summed E-state index contributed by atoms with van der Waals surface area (Å²) in [4.78, 5) is 20.0. The molecule has 0 saturated heterocycles. The molecular weight excluding hydrogens is 354 g/mol. The molecule has 0 atom stereocenters. The molecule has 0 radical (unpaired) electrons. The second-order valence-corrected chi connectivity index (χ2v) is 5.47. The molecule has 106 valence electrons. The van der Waals surface area contributed by atoms with Crippen LogP contribution in [0.3, 0.4) is 0 Å². The van der Waals surface area contributed by atoms with Gasteiger partial charge in [-0.25, -0.2) is 23.5 Å². The summed E-state index contributed by atoms with van der Waals surface area (Å²) in [5, 5.41) is 1.79. The number of carbonyl (C=O) groups is 1. The van der Waals surface area contributed by atoms with Gasteiger partial charge in [0.2, 0.25) is 0 Å². The lowest BCUT2D eigenvalue weighted by atomic mass is 10.2. The highest BCUT2D eigenvalue weighted by molar-refractivity contribution is 9.10. The van der Waals surface area contributed by atoms with Crippen LogP contribution < -0.4 is 0 Å². The average molecular weight is 363 g/mol. The van der Waals surface area contributed by atoms with Crippen LogP contribution in [0.5, 0.6) is 0 Å². The SMILES string of the molecule is CCOC(=O)c1cnc(-c2cc(Br)cs2)nc1C(F)F. The predicted octanol–water partition coefficient (Wildman–Crippen LogP) is 4.08. The van der Waals surface area contributed by atoms with E-state index in [0.29, 0.717) is 4.88 Å². The summed E-state index contributed by atoms with van der Waals surface area (Å²) in [6.07, 6.45) is -1.80. The first-order chi connectivity index (χ1) is 9.52. The summed E-state index contributed by atoms with van der Waals surface area (Å²) in [5.41, 5.74) is -0.917. The van der Waals surface area contributed by atoms with E-state index in [9.17, 15) is 13.6 Å². The number of thiophene rings is 1. The number of aromatic nitrogens is 2. The third kappa shape index (κ3) is 3.18. The monoisotopic (exact) mass is 362 g/mol. The van der Waals surface area contributed by atoms with Gasteiger partial charge in [0.15, 0.2) is 5.82 Å². The highest BCUT2D eigenvalue weighted by Crippen LogP contribution is 2.29. The van der Waals surface area contributed by atoms with Crippen molar-refractivity contribution in [3.05, 3.63) is 33.4 Å². The van der Waals surface area contributed by atoms with Crippen LogP contribution in [0.1, 0.15) is 29.4 Å². The van der Waals surface area contributed by atoms with Gasteiger partial charge in [-0.2, -0.15) is 0 Å². The fourth-order valence-electron chi connectivity index (χ4n) is 1.48. The normalized spacial score (nSPS) is 10.8. The minimum absolute atomic E-state index is 0.0983. The summed E-state index contributed by atoms with van der Waals surface area (Å²) in [7, 11) is 0. The van der Waals surface area contributed by atoms with Gasteiger partial charge >= 0.3 is 5.97 Å². The predicted molar refractivity (Wildman–Crippen MR) is 74.0 cm³/mol. The maximum atomic E-state index is 13.0. The fraction of sp³-hybridized carbons (Fsp3) is 0.250. The first-order valence-electron chi connectivity index (χ1n) is 5.59. The number of hydrogen-bond donors (Lipinski definition) is 0. The van der Waals surface area contributed by atoms with E-state index in [0.717, 1.165) is 10.7 Å². The average Bonchev–Trinajstić information content (AvgIpc) is 2.85. The lowest BCUT2D eigenvalue weighted by Gasteiger charge is -2.08. The number of nitrogens with zero attached hydrogens (tertiary/aromatic N) is 2. The zero-order valence-electron chi connectivity index (χ0n) is 10.3. The molecule has 0 aliphatic heterocycles. The van der Waals surface area contributed by atoms with Crippen LogP contribution >= 0.6 is 27.3 Å². The molecule has 0 bridgehead atoms. The Morgan fingerprint density at radius 2 is 2.30 bits per heavy atom. The molecular formula is C12H9BrF2N2O2S. The van der Waals surface area contributed by atoms with Gasteiger partial charge in [0, 0.05) is 16.0 Å². The molecule has 2 rings (SSSR count). The lowest BCUT2D eigenvalue weighted by molar-refractivity contribution is 0.0513. The molecule has 20 heavy (non-hydrogen) atoms. The minimum atomic E-state index is -2.88. The first kappa shape index (κ1) is 15.0. The smallest absolute Gasteiger partial charge is 0.341 e. The lowest BCUT2D eigenvalue weighted by Crippen LogP contribution is -2.11. The van der Waals surface area contributed by atoms with E-state index >= 15 is 0 Å². The molecule has 2 aromatic rings. The third-order valence-corrected chi connectivity index (χ3v) is 4.00. The quantitative estimate of drug-likeness (QED) is 0.768. The van der Waals surface area contributed by atoms with Crippen LogP contribution in [0.4, 0.5) is 8.78 Å². The maximum absolute atomic E-state index is 13.0. The van der Waals surface area contributed by atoms with Gasteiger partial charge in [0.1, 0.15) is 11.3 Å². The van der Waals surface area contributed by atoms with Crippen LogP contribution in [-0.2, 0) is 4.74 Å². The molecule has 0 aromatic carbocycles. The Kier molecular flexibility index (Phi) is 4.77. The molecule has 0 aliphatic carbocycles. The van der Waals surface area contributed by atoms with E-state index in [-0.39, 0.29) is 18.0 Å². The second kappa shape index (κ2) is 6.36. The zero-order chi connectivity index (χ0) is 14.7. The van der Waals surface area contributed by atoms with E-state index in [2.05, 4.69) is 25.9 Å². The molecule has 8 heteroatoms. The molecule has 0 aliphatic rings. The van der Waals surface area contributed by atoms with Crippen molar-refractivity contribution in [2.75, 3.05) is 6.61 Å². The number of rotatable bonds is 4. The van der Waals surface area contributed by atoms with Gasteiger partial charge in [-0.1, -0.05) is 0 Å². The van der Waals surface area contributed by atoms with Crippen LogP contribution in [0.2, 0.25) is 0 Å². The Labute approximate surface area is 126 Å². The number of hydrogen-bond acceptors (Lipinski definition) is 5. The van der Waals surface area contributed by atoms with E-state index in [1.54, 1.807) is 18.4 Å². The van der Waals surface area contributed by atoms with Crippen LogP contribution in [0, 0.1) is 0 Å². The van der Waals surface area contributed by atoms with Crippen molar-refractivity contribution in [1.29, 1.82) is 0 Å². The van der Waals surface area contributed by atoms with Crippen molar-refractivity contribution >= 4 is 33.2 Å². The third-order valence-electron chi connectivity index (χ3n) is 2.31. The van der Waals surface area contributed by atoms with Crippen molar-refractivity contribution in [3.8, 4) is 10.7 Å². The molecule has 0 unspecified atom stereocenters. The molecule has 0 amide bonds. The van der Waals surface area contributed by atoms with Gasteiger partial charge in [-0.3, -0.25) is 0 Å². The molecule has 0 fully saturated rings. The summed E-state index contributed by atoms with van der Waals surface area (Å²) in [5.74, 6) is -0.689. The number of ether oxygens (including phenoxy) is 1. The maximum Gasteiger partial charge on any atom is 0.341 e. The van der Waals surface area contributed by atoms with Crippen LogP contribution in [-0.4, -0.2) is 22.5 Å². The number of halogens is 3. The largest absolute Gasteiger partial charge is 0.462 e. The van der Waals surface area contributed by atoms with Crippen molar-refractivity contribution in [1.82, 2.24) is 9.97 Å². The van der Waals surface area contributed by atoms with E-state index in [1.165, 1.54) is 11.3 Å². The van der Waals surface area contributed by atoms with Gasteiger partial charge < -0.3 is 4.74 Å². The van der Waals surface area contributed by atoms with Gasteiger partial charge in [0.05, 0.1) is 11.5 Å².